The molecule has 0 aliphatic heterocycles. The van der Waals surface area contributed by atoms with Crippen LogP contribution >= 0.6 is 0 Å². The van der Waals surface area contributed by atoms with Crippen LogP contribution < -0.4 is 10.9 Å². The fourth-order valence-corrected chi connectivity index (χ4v) is 2.55. The summed E-state index contributed by atoms with van der Waals surface area (Å²) in [5.41, 5.74) is 1.32. The zero-order valence-electron chi connectivity index (χ0n) is 15.6. The number of H-pyrrole nitrogens is 1. The van der Waals surface area contributed by atoms with E-state index in [2.05, 4.69) is 41.2 Å². The smallest absolute Gasteiger partial charge is 0.256 e. The fourth-order valence-electron chi connectivity index (χ4n) is 2.55. The lowest BCUT2D eigenvalue weighted by atomic mass is 9.87. The third-order valence-corrected chi connectivity index (χ3v) is 4.13. The van der Waals surface area contributed by atoms with Crippen LogP contribution in [-0.2, 0) is 5.41 Å². The van der Waals surface area contributed by atoms with Gasteiger partial charge < -0.3 is 5.32 Å². The number of carbonyl (C=O) groups is 1. The second kappa shape index (κ2) is 6.40. The van der Waals surface area contributed by atoms with Crippen molar-refractivity contribution in [3.05, 3.63) is 57.6 Å². The van der Waals surface area contributed by atoms with Crippen molar-refractivity contribution in [2.45, 2.75) is 46.0 Å². The van der Waals surface area contributed by atoms with Crippen molar-refractivity contribution in [2.75, 3.05) is 5.32 Å². The molecule has 2 heterocycles. The van der Waals surface area contributed by atoms with Crippen LogP contribution in [0.2, 0.25) is 0 Å². The Morgan fingerprint density at radius 3 is 2.42 bits per heavy atom. The minimum Gasteiger partial charge on any atom is -0.306 e. The molecule has 0 spiro atoms. The number of hydrogen-bond donors (Lipinski definition) is 2. The molecule has 1 aromatic carbocycles. The summed E-state index contributed by atoms with van der Waals surface area (Å²) >= 11 is 0. The van der Waals surface area contributed by atoms with Gasteiger partial charge in [-0.3, -0.25) is 14.6 Å². The Balaban J connectivity index is 1.93. The molecule has 2 aromatic heterocycles. The topological polar surface area (TPSA) is 92.1 Å². The van der Waals surface area contributed by atoms with Gasteiger partial charge in [-0.1, -0.05) is 46.8 Å². The van der Waals surface area contributed by atoms with Crippen molar-refractivity contribution in [1.82, 2.24) is 19.6 Å². The van der Waals surface area contributed by atoms with E-state index in [9.17, 15) is 9.59 Å². The Hall–Kier alpha value is -2.96. The van der Waals surface area contributed by atoms with Crippen LogP contribution in [0.3, 0.4) is 0 Å². The molecule has 1 amide bonds. The minimum absolute atomic E-state index is 0.0157. The van der Waals surface area contributed by atoms with Gasteiger partial charge in [0.15, 0.2) is 5.82 Å². The number of aromatic nitrogens is 4. The van der Waals surface area contributed by atoms with Crippen molar-refractivity contribution in [1.29, 1.82) is 0 Å². The van der Waals surface area contributed by atoms with Crippen LogP contribution in [0, 0.1) is 0 Å². The molecule has 7 nitrogen and oxygen atoms in total. The third-order valence-electron chi connectivity index (χ3n) is 4.13. The first-order chi connectivity index (χ1) is 12.1. The minimum atomic E-state index is -0.349. The van der Waals surface area contributed by atoms with Gasteiger partial charge in [-0.15, -0.1) is 5.10 Å². The zero-order valence-corrected chi connectivity index (χ0v) is 15.6. The van der Waals surface area contributed by atoms with Crippen molar-refractivity contribution in [3.63, 3.8) is 0 Å². The average Bonchev–Trinajstić information content (AvgIpc) is 2.98. The highest BCUT2D eigenvalue weighted by atomic mass is 16.2. The summed E-state index contributed by atoms with van der Waals surface area (Å²) in [5.74, 6) is 0.982. The van der Waals surface area contributed by atoms with E-state index in [4.69, 9.17) is 0 Å². The molecule has 0 aliphatic carbocycles. The Labute approximate surface area is 151 Å². The van der Waals surface area contributed by atoms with Crippen molar-refractivity contribution in [2.24, 2.45) is 0 Å². The Morgan fingerprint density at radius 2 is 1.85 bits per heavy atom. The summed E-state index contributed by atoms with van der Waals surface area (Å²) in [5, 5.41) is 7.12. The van der Waals surface area contributed by atoms with Gasteiger partial charge in [0.1, 0.15) is 5.82 Å². The van der Waals surface area contributed by atoms with Gasteiger partial charge in [0.05, 0.1) is 0 Å². The van der Waals surface area contributed by atoms with Crippen LogP contribution in [0.1, 0.15) is 62.3 Å². The van der Waals surface area contributed by atoms with E-state index < -0.39 is 0 Å². The first-order valence-electron chi connectivity index (χ1n) is 8.57. The van der Waals surface area contributed by atoms with E-state index in [1.807, 2.05) is 26.0 Å². The lowest BCUT2D eigenvalue weighted by Gasteiger charge is -2.19. The summed E-state index contributed by atoms with van der Waals surface area (Å²) in [4.78, 5) is 31.4. The van der Waals surface area contributed by atoms with Crippen molar-refractivity contribution < 1.29 is 4.79 Å². The van der Waals surface area contributed by atoms with Gasteiger partial charge in [-0.25, -0.2) is 0 Å². The molecule has 0 saturated heterocycles. The SMILES string of the molecule is CC(C)c1nc2[nH]c(=O)cc(NC(=O)c3ccc(C(C)(C)C)cc3)n2n1. The van der Waals surface area contributed by atoms with Crippen molar-refractivity contribution >= 4 is 17.5 Å². The fraction of sp³-hybridized carbons (Fsp3) is 0.368. The van der Waals surface area contributed by atoms with Gasteiger partial charge in [-0.2, -0.15) is 9.50 Å². The number of aromatic amines is 1. The molecule has 0 bridgehead atoms. The standard InChI is InChI=1S/C19H23N5O2/c1-11(2)16-22-18-21-15(25)10-14(24(18)23-16)20-17(26)12-6-8-13(9-7-12)19(3,4)5/h6-11H,1-5H3,(H,20,26)(H,21,22,23,25). The highest BCUT2D eigenvalue weighted by Crippen LogP contribution is 2.22. The molecule has 26 heavy (non-hydrogen) atoms. The first kappa shape index (κ1) is 17.8. The monoisotopic (exact) mass is 353 g/mol. The highest BCUT2D eigenvalue weighted by molar-refractivity contribution is 6.03. The number of rotatable bonds is 3. The highest BCUT2D eigenvalue weighted by Gasteiger charge is 2.16. The summed E-state index contributed by atoms with van der Waals surface area (Å²) in [6, 6.07) is 8.73. The lowest BCUT2D eigenvalue weighted by molar-refractivity contribution is 0.102. The molecule has 0 aliphatic rings. The van der Waals surface area contributed by atoms with E-state index in [0.29, 0.717) is 17.2 Å². The van der Waals surface area contributed by atoms with E-state index in [0.717, 1.165) is 5.56 Å². The van der Waals surface area contributed by atoms with E-state index in [1.165, 1.54) is 10.6 Å². The van der Waals surface area contributed by atoms with E-state index in [1.54, 1.807) is 12.1 Å². The second-order valence-corrected chi connectivity index (χ2v) is 7.66. The summed E-state index contributed by atoms with van der Waals surface area (Å²) < 4.78 is 1.44. The molecular formula is C19H23N5O2. The molecule has 3 rings (SSSR count). The normalized spacial score (nSPS) is 11.9. The maximum atomic E-state index is 12.6. The quantitative estimate of drug-likeness (QED) is 0.757. The van der Waals surface area contributed by atoms with Crippen LogP contribution in [0.15, 0.2) is 35.1 Å². The molecule has 0 atom stereocenters. The molecule has 136 valence electrons. The predicted octanol–water partition coefficient (Wildman–Crippen LogP) is 3.09. The van der Waals surface area contributed by atoms with Gasteiger partial charge in [-0.05, 0) is 23.1 Å². The Kier molecular flexibility index (Phi) is 4.39. The first-order valence-corrected chi connectivity index (χ1v) is 8.57. The largest absolute Gasteiger partial charge is 0.306 e. The molecule has 3 aromatic rings. The van der Waals surface area contributed by atoms with Gasteiger partial charge in [0.2, 0.25) is 5.78 Å². The molecule has 0 fully saturated rings. The molecule has 7 heteroatoms. The maximum Gasteiger partial charge on any atom is 0.256 e. The van der Waals surface area contributed by atoms with E-state index in [-0.39, 0.29) is 28.6 Å². The maximum absolute atomic E-state index is 12.6. The lowest BCUT2D eigenvalue weighted by Crippen LogP contribution is -2.19. The van der Waals surface area contributed by atoms with Gasteiger partial charge in [0, 0.05) is 17.5 Å². The molecular weight excluding hydrogens is 330 g/mol. The van der Waals surface area contributed by atoms with Crippen LogP contribution in [-0.4, -0.2) is 25.5 Å². The van der Waals surface area contributed by atoms with Gasteiger partial charge >= 0.3 is 0 Å². The van der Waals surface area contributed by atoms with Crippen LogP contribution in [0.4, 0.5) is 5.82 Å². The number of anilines is 1. The molecule has 0 saturated carbocycles. The zero-order chi connectivity index (χ0) is 19.1. The third kappa shape index (κ3) is 3.51. The number of carbonyl (C=O) groups excluding carboxylic acids is 1. The Morgan fingerprint density at radius 1 is 1.19 bits per heavy atom. The number of nitrogens with zero attached hydrogens (tertiary/aromatic N) is 3. The number of benzene rings is 1. The number of hydrogen-bond acceptors (Lipinski definition) is 4. The van der Waals surface area contributed by atoms with E-state index >= 15 is 0 Å². The summed E-state index contributed by atoms with van der Waals surface area (Å²) in [6.45, 7) is 10.3. The van der Waals surface area contributed by atoms with Gasteiger partial charge in [0.25, 0.3) is 11.5 Å². The number of nitrogens with one attached hydrogen (secondary N) is 2. The van der Waals surface area contributed by atoms with Crippen LogP contribution in [0.25, 0.3) is 5.78 Å². The molecule has 0 radical (unpaired) electrons. The Bertz CT molecular complexity index is 1010. The molecule has 0 unspecified atom stereocenters. The molecule has 2 N–H and O–H groups in total. The average molecular weight is 353 g/mol. The summed E-state index contributed by atoms with van der Waals surface area (Å²) in [7, 11) is 0. The van der Waals surface area contributed by atoms with Crippen LogP contribution in [0.5, 0.6) is 0 Å². The second-order valence-electron chi connectivity index (χ2n) is 7.66. The summed E-state index contributed by atoms with van der Waals surface area (Å²) in [6.07, 6.45) is 0. The number of amides is 1. The number of fused-ring (bicyclic) bond motifs is 1. The van der Waals surface area contributed by atoms with Crippen molar-refractivity contribution in [3.8, 4) is 0 Å². The predicted molar refractivity (Wildman–Crippen MR) is 101 cm³/mol.